The molecule has 4 rings (SSSR count). The van der Waals surface area contributed by atoms with Crippen LogP contribution in [0.3, 0.4) is 0 Å². The monoisotopic (exact) mass is 300 g/mol. The summed E-state index contributed by atoms with van der Waals surface area (Å²) in [6.07, 6.45) is 8.20. The summed E-state index contributed by atoms with van der Waals surface area (Å²) in [5, 5.41) is 11.3. The lowest BCUT2D eigenvalue weighted by Crippen LogP contribution is -2.41. The van der Waals surface area contributed by atoms with Crippen molar-refractivity contribution in [2.75, 3.05) is 20.1 Å². The van der Waals surface area contributed by atoms with Crippen LogP contribution in [-0.4, -0.2) is 39.5 Å². The molecule has 2 aromatic rings. The Hall–Kier alpha value is -1.43. The number of imidazole rings is 1. The molecule has 0 spiro atoms. The van der Waals surface area contributed by atoms with Crippen LogP contribution in [0.4, 0.5) is 0 Å². The zero-order chi connectivity index (χ0) is 15.3. The average molecular weight is 300 g/mol. The van der Waals surface area contributed by atoms with Crippen molar-refractivity contribution in [3.05, 3.63) is 35.3 Å². The first-order valence-corrected chi connectivity index (χ1v) is 8.22. The minimum atomic E-state index is -0.768. The number of hydrogen-bond donors (Lipinski definition) is 2. The summed E-state index contributed by atoms with van der Waals surface area (Å²) in [6, 6.07) is 2.20. The van der Waals surface area contributed by atoms with Crippen LogP contribution in [0.1, 0.15) is 48.4 Å². The smallest absolute Gasteiger partial charge is 0.143 e. The molecule has 0 unspecified atom stereocenters. The maximum Gasteiger partial charge on any atom is 0.143 e. The molecule has 0 aromatic carbocycles. The van der Waals surface area contributed by atoms with Crippen molar-refractivity contribution in [1.82, 2.24) is 14.3 Å². The van der Waals surface area contributed by atoms with E-state index in [1.165, 1.54) is 18.4 Å². The molecule has 0 bridgehead atoms. The Morgan fingerprint density at radius 1 is 1.32 bits per heavy atom. The summed E-state index contributed by atoms with van der Waals surface area (Å²) in [6.45, 7) is 2.27. The molecule has 0 atom stereocenters. The fourth-order valence-electron chi connectivity index (χ4n) is 3.51. The van der Waals surface area contributed by atoms with Crippen LogP contribution in [0.5, 0.6) is 0 Å². The van der Waals surface area contributed by atoms with E-state index in [4.69, 9.17) is 5.73 Å². The minimum Gasteiger partial charge on any atom is -0.385 e. The molecule has 2 aromatic heterocycles. The van der Waals surface area contributed by atoms with Gasteiger partial charge in [-0.15, -0.1) is 0 Å². The molecule has 0 radical (unpaired) electrons. The van der Waals surface area contributed by atoms with Crippen molar-refractivity contribution in [2.45, 2.75) is 43.7 Å². The zero-order valence-corrected chi connectivity index (χ0v) is 13.1. The summed E-state index contributed by atoms with van der Waals surface area (Å²) in [5.74, 6) is 0.654. The number of nitrogens with zero attached hydrogens (tertiary/aromatic N) is 3. The van der Waals surface area contributed by atoms with Gasteiger partial charge in [-0.3, -0.25) is 0 Å². The molecule has 1 aliphatic carbocycles. The Kier molecular flexibility index (Phi) is 3.25. The van der Waals surface area contributed by atoms with Crippen LogP contribution in [0.2, 0.25) is 0 Å². The summed E-state index contributed by atoms with van der Waals surface area (Å²) < 4.78 is 2.07. The van der Waals surface area contributed by atoms with Crippen LogP contribution in [0.25, 0.3) is 5.65 Å². The van der Waals surface area contributed by atoms with Gasteiger partial charge in [0.25, 0.3) is 0 Å². The van der Waals surface area contributed by atoms with E-state index in [0.29, 0.717) is 12.5 Å². The zero-order valence-electron chi connectivity index (χ0n) is 13.1. The largest absolute Gasteiger partial charge is 0.385 e. The number of nitrogens with two attached hydrogens (primary N) is 1. The highest BCUT2D eigenvalue weighted by Gasteiger charge is 2.36. The first kappa shape index (κ1) is 14.2. The third kappa shape index (κ3) is 2.33. The molecule has 118 valence electrons. The average Bonchev–Trinajstić information content (AvgIpc) is 3.28. The van der Waals surface area contributed by atoms with E-state index >= 15 is 0 Å². The van der Waals surface area contributed by atoms with Crippen LogP contribution < -0.4 is 5.73 Å². The van der Waals surface area contributed by atoms with Crippen molar-refractivity contribution in [3.8, 4) is 0 Å². The number of aromatic nitrogens is 2. The SMILES string of the molecule is CN1CCC(O)(c2cc(C3CC3)cn3cc(CN)nc23)CC1. The predicted molar refractivity (Wildman–Crippen MR) is 85.7 cm³/mol. The van der Waals surface area contributed by atoms with Gasteiger partial charge in [0.1, 0.15) is 5.65 Å². The Morgan fingerprint density at radius 3 is 2.68 bits per heavy atom. The summed E-state index contributed by atoms with van der Waals surface area (Å²) in [5.41, 5.74) is 9.06. The van der Waals surface area contributed by atoms with Crippen LogP contribution in [-0.2, 0) is 12.1 Å². The van der Waals surface area contributed by atoms with Crippen LogP contribution in [0, 0.1) is 0 Å². The lowest BCUT2D eigenvalue weighted by atomic mass is 9.84. The molecule has 2 fully saturated rings. The number of rotatable bonds is 3. The second kappa shape index (κ2) is 5.05. The van der Waals surface area contributed by atoms with E-state index in [2.05, 4.69) is 33.6 Å². The maximum atomic E-state index is 11.3. The van der Waals surface area contributed by atoms with Crippen molar-refractivity contribution in [1.29, 1.82) is 0 Å². The number of likely N-dealkylation sites (tertiary alicyclic amines) is 1. The third-order valence-electron chi connectivity index (χ3n) is 5.20. The van der Waals surface area contributed by atoms with Gasteiger partial charge in [-0.25, -0.2) is 4.98 Å². The van der Waals surface area contributed by atoms with Crippen LogP contribution in [0.15, 0.2) is 18.5 Å². The highest BCUT2D eigenvalue weighted by molar-refractivity contribution is 5.54. The van der Waals surface area contributed by atoms with Gasteiger partial charge in [0.2, 0.25) is 0 Å². The van der Waals surface area contributed by atoms with Gasteiger partial charge in [-0.2, -0.15) is 0 Å². The number of piperidine rings is 1. The van der Waals surface area contributed by atoms with Crippen molar-refractivity contribution >= 4 is 5.65 Å². The van der Waals surface area contributed by atoms with E-state index in [1.807, 2.05) is 6.20 Å². The van der Waals surface area contributed by atoms with Gasteiger partial charge in [0, 0.05) is 37.6 Å². The molecule has 5 nitrogen and oxygen atoms in total. The van der Waals surface area contributed by atoms with Crippen LogP contribution >= 0.6 is 0 Å². The number of pyridine rings is 1. The molecular weight excluding hydrogens is 276 g/mol. The van der Waals surface area contributed by atoms with Crippen molar-refractivity contribution in [3.63, 3.8) is 0 Å². The lowest BCUT2D eigenvalue weighted by Gasteiger charge is -2.37. The van der Waals surface area contributed by atoms with Gasteiger partial charge in [0.15, 0.2) is 0 Å². The molecule has 2 aliphatic rings. The topological polar surface area (TPSA) is 66.8 Å². The van der Waals surface area contributed by atoms with E-state index in [0.717, 1.165) is 42.8 Å². The highest BCUT2D eigenvalue weighted by Crippen LogP contribution is 2.43. The molecule has 5 heteroatoms. The minimum absolute atomic E-state index is 0.432. The summed E-state index contributed by atoms with van der Waals surface area (Å²) >= 11 is 0. The second-order valence-electron chi connectivity index (χ2n) is 6.96. The molecule has 22 heavy (non-hydrogen) atoms. The van der Waals surface area contributed by atoms with E-state index in [1.54, 1.807) is 0 Å². The number of hydrogen-bond acceptors (Lipinski definition) is 4. The maximum absolute atomic E-state index is 11.3. The third-order valence-corrected chi connectivity index (χ3v) is 5.20. The summed E-state index contributed by atoms with van der Waals surface area (Å²) in [7, 11) is 2.11. The number of fused-ring (bicyclic) bond motifs is 1. The Labute approximate surface area is 130 Å². The predicted octanol–water partition coefficient (Wildman–Crippen LogP) is 1.58. The van der Waals surface area contributed by atoms with Gasteiger partial charge >= 0.3 is 0 Å². The quantitative estimate of drug-likeness (QED) is 0.903. The van der Waals surface area contributed by atoms with Gasteiger partial charge in [-0.1, -0.05) is 0 Å². The molecule has 3 heterocycles. The van der Waals surface area contributed by atoms with Gasteiger partial charge < -0.3 is 20.1 Å². The fourth-order valence-corrected chi connectivity index (χ4v) is 3.51. The van der Waals surface area contributed by atoms with Gasteiger partial charge in [-0.05, 0) is 50.3 Å². The second-order valence-corrected chi connectivity index (χ2v) is 6.96. The standard InChI is InChI=1S/C17H24N4O/c1-20-6-4-17(22,5-7-20)15-8-13(12-2-3-12)10-21-11-14(9-18)19-16(15)21/h8,10-12,22H,2-7,9,18H2,1H3. The molecule has 1 saturated carbocycles. The lowest BCUT2D eigenvalue weighted by molar-refractivity contribution is -0.0195. The van der Waals surface area contributed by atoms with E-state index < -0.39 is 5.60 Å². The molecule has 0 amide bonds. The first-order chi connectivity index (χ1) is 10.6. The van der Waals surface area contributed by atoms with E-state index in [-0.39, 0.29) is 0 Å². The molecule has 3 N–H and O–H groups in total. The van der Waals surface area contributed by atoms with Crippen molar-refractivity contribution < 1.29 is 5.11 Å². The van der Waals surface area contributed by atoms with Gasteiger partial charge in [0.05, 0.1) is 11.3 Å². The number of aliphatic hydroxyl groups is 1. The Bertz CT molecular complexity index is 696. The van der Waals surface area contributed by atoms with E-state index in [9.17, 15) is 5.11 Å². The first-order valence-electron chi connectivity index (χ1n) is 8.22. The fraction of sp³-hybridized carbons (Fsp3) is 0.588. The van der Waals surface area contributed by atoms with Crippen molar-refractivity contribution in [2.24, 2.45) is 5.73 Å². The highest BCUT2D eigenvalue weighted by atomic mass is 16.3. The Morgan fingerprint density at radius 2 is 2.05 bits per heavy atom. The Balaban J connectivity index is 1.85. The molecule has 1 aliphatic heterocycles. The molecule has 1 saturated heterocycles. The summed E-state index contributed by atoms with van der Waals surface area (Å²) in [4.78, 5) is 6.93. The normalized spacial score (nSPS) is 22.3. The molecular formula is C17H24N4O.